The van der Waals surface area contributed by atoms with Crippen LogP contribution in [-0.4, -0.2) is 33.8 Å². The van der Waals surface area contributed by atoms with Crippen LogP contribution in [0.15, 0.2) is 17.1 Å². The summed E-state index contributed by atoms with van der Waals surface area (Å²) in [7, 11) is 0. The first-order valence-corrected chi connectivity index (χ1v) is 10.5. The molecule has 172 valence electrons. The highest BCUT2D eigenvalue weighted by Crippen LogP contribution is 2.44. The predicted molar refractivity (Wildman–Crippen MR) is 117 cm³/mol. The van der Waals surface area contributed by atoms with Crippen LogP contribution in [0.1, 0.15) is 48.2 Å². The van der Waals surface area contributed by atoms with Gasteiger partial charge in [0.05, 0.1) is 12.2 Å². The van der Waals surface area contributed by atoms with E-state index in [-0.39, 0.29) is 18.3 Å². The summed E-state index contributed by atoms with van der Waals surface area (Å²) in [6.07, 6.45) is 2.55. The van der Waals surface area contributed by atoms with Gasteiger partial charge in [0.2, 0.25) is 11.0 Å². The standard InChI is InChI=1S/C24H29NO7/c1-13-14(2)22-18(15(3)21(13)31-17(5)26)7-9-24(6,32-22)23(29)30-12-11-25-10-8-19(27)20(28)16(25)4/h8,10,28H,7,9,11-12H2,1-6H3. The summed E-state index contributed by atoms with van der Waals surface area (Å²) < 4.78 is 18.7. The van der Waals surface area contributed by atoms with Gasteiger partial charge in [-0.05, 0) is 57.7 Å². The molecule has 3 rings (SSSR count). The molecule has 1 aromatic carbocycles. The molecule has 1 atom stereocenters. The fourth-order valence-electron chi connectivity index (χ4n) is 3.97. The van der Waals surface area contributed by atoms with Crippen molar-refractivity contribution in [3.63, 3.8) is 0 Å². The van der Waals surface area contributed by atoms with Gasteiger partial charge in [0.15, 0.2) is 5.75 Å². The lowest BCUT2D eigenvalue weighted by Gasteiger charge is -2.36. The molecule has 1 aliphatic heterocycles. The molecule has 0 spiro atoms. The van der Waals surface area contributed by atoms with Gasteiger partial charge in [-0.25, -0.2) is 4.79 Å². The number of pyridine rings is 1. The van der Waals surface area contributed by atoms with Crippen molar-refractivity contribution < 1.29 is 28.9 Å². The molecule has 1 unspecified atom stereocenters. The number of hydrogen-bond acceptors (Lipinski definition) is 7. The van der Waals surface area contributed by atoms with Crippen LogP contribution in [0.3, 0.4) is 0 Å². The van der Waals surface area contributed by atoms with Crippen LogP contribution in [0, 0.1) is 27.7 Å². The van der Waals surface area contributed by atoms with Gasteiger partial charge in [0, 0.05) is 31.2 Å². The maximum atomic E-state index is 12.9. The Morgan fingerprint density at radius 1 is 1.19 bits per heavy atom. The van der Waals surface area contributed by atoms with Crippen molar-refractivity contribution in [3.05, 3.63) is 50.4 Å². The minimum absolute atomic E-state index is 0.0657. The number of carbonyl (C=O) groups excluding carboxylic acids is 2. The first-order valence-electron chi connectivity index (χ1n) is 10.5. The second-order valence-electron chi connectivity index (χ2n) is 8.38. The first kappa shape index (κ1) is 23.4. The Morgan fingerprint density at radius 3 is 2.53 bits per heavy atom. The Morgan fingerprint density at radius 2 is 1.88 bits per heavy atom. The number of esters is 2. The van der Waals surface area contributed by atoms with Crippen LogP contribution in [0.2, 0.25) is 0 Å². The minimum atomic E-state index is -1.15. The van der Waals surface area contributed by atoms with Crippen LogP contribution in [0.5, 0.6) is 17.2 Å². The highest BCUT2D eigenvalue weighted by atomic mass is 16.6. The van der Waals surface area contributed by atoms with Crippen LogP contribution in [-0.2, 0) is 27.3 Å². The Bertz CT molecular complexity index is 1150. The maximum absolute atomic E-state index is 12.9. The number of aromatic nitrogens is 1. The third kappa shape index (κ3) is 4.22. The third-order valence-corrected chi connectivity index (χ3v) is 6.15. The molecular weight excluding hydrogens is 414 g/mol. The van der Waals surface area contributed by atoms with E-state index in [4.69, 9.17) is 14.2 Å². The number of benzene rings is 1. The Kier molecular flexibility index (Phi) is 6.34. The van der Waals surface area contributed by atoms with Gasteiger partial charge in [0.1, 0.15) is 18.1 Å². The largest absolute Gasteiger partial charge is 0.503 e. The van der Waals surface area contributed by atoms with Crippen molar-refractivity contribution in [3.8, 4) is 17.2 Å². The first-order chi connectivity index (χ1) is 15.0. The summed E-state index contributed by atoms with van der Waals surface area (Å²) in [4.78, 5) is 35.9. The quantitative estimate of drug-likeness (QED) is 0.559. The topological polar surface area (TPSA) is 104 Å². The van der Waals surface area contributed by atoms with Gasteiger partial charge < -0.3 is 23.9 Å². The molecule has 2 heterocycles. The normalized spacial score (nSPS) is 17.3. The van der Waals surface area contributed by atoms with Crippen LogP contribution < -0.4 is 14.9 Å². The molecule has 8 heteroatoms. The van der Waals surface area contributed by atoms with E-state index in [2.05, 4.69) is 0 Å². The zero-order valence-corrected chi connectivity index (χ0v) is 19.3. The number of aromatic hydroxyl groups is 1. The summed E-state index contributed by atoms with van der Waals surface area (Å²) >= 11 is 0. The van der Waals surface area contributed by atoms with Crippen molar-refractivity contribution in [2.45, 2.75) is 66.5 Å². The minimum Gasteiger partial charge on any atom is -0.503 e. The lowest BCUT2D eigenvalue weighted by molar-refractivity contribution is -0.162. The second kappa shape index (κ2) is 8.68. The molecule has 32 heavy (non-hydrogen) atoms. The molecule has 0 saturated carbocycles. The van der Waals surface area contributed by atoms with Crippen molar-refractivity contribution in [1.29, 1.82) is 0 Å². The molecule has 8 nitrogen and oxygen atoms in total. The van der Waals surface area contributed by atoms with Gasteiger partial charge in [-0.2, -0.15) is 0 Å². The average Bonchev–Trinajstić information content (AvgIpc) is 2.74. The Balaban J connectivity index is 1.76. The van der Waals surface area contributed by atoms with Crippen LogP contribution in [0.4, 0.5) is 0 Å². The molecule has 2 aromatic rings. The van der Waals surface area contributed by atoms with Gasteiger partial charge in [0.25, 0.3) is 0 Å². The molecule has 1 aromatic heterocycles. The molecule has 0 aliphatic carbocycles. The summed E-state index contributed by atoms with van der Waals surface area (Å²) in [6.45, 7) is 10.7. The number of fused-ring (bicyclic) bond motifs is 1. The lowest BCUT2D eigenvalue weighted by atomic mass is 9.87. The molecule has 0 bridgehead atoms. The molecule has 0 radical (unpaired) electrons. The highest BCUT2D eigenvalue weighted by molar-refractivity contribution is 5.81. The van der Waals surface area contributed by atoms with E-state index in [1.807, 2.05) is 20.8 Å². The zero-order chi connectivity index (χ0) is 23.8. The van der Waals surface area contributed by atoms with E-state index in [0.717, 1.165) is 22.3 Å². The fourth-order valence-corrected chi connectivity index (χ4v) is 3.97. The van der Waals surface area contributed by atoms with Crippen LogP contribution >= 0.6 is 0 Å². The average molecular weight is 443 g/mol. The molecular formula is C24H29NO7. The summed E-state index contributed by atoms with van der Waals surface area (Å²) in [6, 6.07) is 1.27. The van der Waals surface area contributed by atoms with Crippen molar-refractivity contribution >= 4 is 11.9 Å². The number of ether oxygens (including phenoxy) is 3. The summed E-state index contributed by atoms with van der Waals surface area (Å²) in [5.41, 5.74) is 2.18. The van der Waals surface area contributed by atoms with Gasteiger partial charge in [-0.1, -0.05) is 0 Å². The molecule has 0 saturated heterocycles. The monoisotopic (exact) mass is 443 g/mol. The molecule has 0 amide bonds. The fraction of sp³-hybridized carbons (Fsp3) is 0.458. The Hall–Kier alpha value is -3.29. The lowest BCUT2D eigenvalue weighted by Crippen LogP contribution is -2.46. The number of hydrogen-bond donors (Lipinski definition) is 1. The zero-order valence-electron chi connectivity index (χ0n) is 19.3. The molecule has 1 N–H and O–H groups in total. The van der Waals surface area contributed by atoms with Gasteiger partial charge in [-0.15, -0.1) is 0 Å². The SMILES string of the molecule is CC(=O)Oc1c(C)c(C)c2c(c1C)CCC(C)(C(=O)OCCn1ccc(=O)c(O)c1C)O2. The predicted octanol–water partition coefficient (Wildman–Crippen LogP) is 3.04. The van der Waals surface area contributed by atoms with E-state index in [1.54, 1.807) is 24.6 Å². The Labute approximate surface area is 186 Å². The smallest absolute Gasteiger partial charge is 0.350 e. The number of nitrogens with zero attached hydrogens (tertiary/aromatic N) is 1. The van der Waals surface area contributed by atoms with Crippen molar-refractivity contribution in [2.24, 2.45) is 0 Å². The molecule has 1 aliphatic rings. The maximum Gasteiger partial charge on any atom is 0.350 e. The van der Waals surface area contributed by atoms with Crippen molar-refractivity contribution in [2.75, 3.05) is 6.61 Å². The summed E-state index contributed by atoms with van der Waals surface area (Å²) in [5.74, 6) is -0.00440. The summed E-state index contributed by atoms with van der Waals surface area (Å²) in [5, 5.41) is 9.78. The number of rotatable bonds is 5. The number of carbonyl (C=O) groups is 2. The van der Waals surface area contributed by atoms with Gasteiger partial charge in [-0.3, -0.25) is 9.59 Å². The van der Waals surface area contributed by atoms with E-state index in [9.17, 15) is 19.5 Å². The van der Waals surface area contributed by atoms with Crippen molar-refractivity contribution in [1.82, 2.24) is 4.57 Å². The van der Waals surface area contributed by atoms with E-state index < -0.39 is 17.0 Å². The highest BCUT2D eigenvalue weighted by Gasteiger charge is 2.42. The van der Waals surface area contributed by atoms with Crippen LogP contribution in [0.25, 0.3) is 0 Å². The third-order valence-electron chi connectivity index (χ3n) is 6.15. The van der Waals surface area contributed by atoms with E-state index in [0.29, 0.717) is 36.6 Å². The second-order valence-corrected chi connectivity index (χ2v) is 8.38. The van der Waals surface area contributed by atoms with E-state index >= 15 is 0 Å². The van der Waals surface area contributed by atoms with Gasteiger partial charge >= 0.3 is 11.9 Å². The van der Waals surface area contributed by atoms with E-state index in [1.165, 1.54) is 13.0 Å². The molecule has 0 fully saturated rings.